The minimum absolute atomic E-state index is 0.0428. The molecule has 0 spiro atoms. The van der Waals surface area contributed by atoms with Gasteiger partial charge in [-0.3, -0.25) is 4.68 Å². The first kappa shape index (κ1) is 15.1. The van der Waals surface area contributed by atoms with E-state index in [-0.39, 0.29) is 16.5 Å². The van der Waals surface area contributed by atoms with Gasteiger partial charge in [0, 0.05) is 24.1 Å². The lowest BCUT2D eigenvalue weighted by Crippen LogP contribution is -2.09. The number of aliphatic hydroxyl groups is 1. The molecule has 1 aromatic carbocycles. The molecule has 0 bridgehead atoms. The number of aromatic nitrogens is 2. The van der Waals surface area contributed by atoms with Gasteiger partial charge in [-0.25, -0.2) is 0 Å². The number of aryl methyl sites for hydroxylation is 1. The molecule has 2 aromatic rings. The maximum atomic E-state index is 12.8. The van der Waals surface area contributed by atoms with Gasteiger partial charge in [0.2, 0.25) is 0 Å². The molecule has 0 fully saturated rings. The lowest BCUT2D eigenvalue weighted by atomic mass is 10.0. The Labute approximate surface area is 122 Å². The number of aliphatic hydroxyl groups excluding tert-OH is 1. The topological polar surface area (TPSA) is 38.0 Å². The van der Waals surface area contributed by atoms with Crippen molar-refractivity contribution in [3.05, 3.63) is 51.8 Å². The molecule has 0 amide bonds. The third-order valence-corrected chi connectivity index (χ3v) is 3.54. The van der Waals surface area contributed by atoms with Gasteiger partial charge in [-0.15, -0.1) is 0 Å². The molecule has 2 rings (SSSR count). The monoisotopic (exact) mass is 348 g/mol. The van der Waals surface area contributed by atoms with Crippen LogP contribution in [0.3, 0.4) is 0 Å². The molecule has 1 N–H and O–H groups in total. The molecule has 0 aliphatic heterocycles. The fourth-order valence-electron chi connectivity index (χ4n) is 1.86. The highest BCUT2D eigenvalue weighted by Crippen LogP contribution is 2.36. The van der Waals surface area contributed by atoms with E-state index in [0.717, 1.165) is 6.07 Å². The fourth-order valence-corrected chi connectivity index (χ4v) is 2.33. The zero-order valence-electron chi connectivity index (χ0n) is 10.5. The lowest BCUT2D eigenvalue weighted by Gasteiger charge is -2.14. The average Bonchev–Trinajstić information content (AvgIpc) is 2.73. The van der Waals surface area contributed by atoms with Gasteiger partial charge >= 0.3 is 6.18 Å². The van der Waals surface area contributed by atoms with Crippen molar-refractivity contribution in [3.8, 4) is 0 Å². The van der Waals surface area contributed by atoms with Gasteiger partial charge in [0.05, 0.1) is 17.4 Å². The minimum Gasteiger partial charge on any atom is -0.388 e. The smallest absolute Gasteiger partial charge is 0.388 e. The number of benzene rings is 1. The maximum Gasteiger partial charge on any atom is 0.417 e. The summed E-state index contributed by atoms with van der Waals surface area (Å²) in [5.41, 5.74) is 0.0396. The molecule has 1 heterocycles. The second-order valence-electron chi connectivity index (χ2n) is 4.44. The van der Waals surface area contributed by atoms with Gasteiger partial charge < -0.3 is 5.11 Å². The van der Waals surface area contributed by atoms with Crippen molar-refractivity contribution >= 4 is 15.9 Å². The quantitative estimate of drug-likeness (QED) is 0.922. The molecule has 0 aliphatic carbocycles. The van der Waals surface area contributed by atoms with E-state index in [1.165, 1.54) is 12.1 Å². The van der Waals surface area contributed by atoms with Crippen LogP contribution in [-0.2, 0) is 19.6 Å². The number of alkyl halides is 3. The number of hydrogen-bond donors (Lipinski definition) is 1. The predicted octanol–water partition coefficient (Wildman–Crippen LogP) is 3.48. The number of rotatable bonds is 3. The van der Waals surface area contributed by atoms with Crippen molar-refractivity contribution in [1.29, 1.82) is 0 Å². The summed E-state index contributed by atoms with van der Waals surface area (Å²) in [6, 6.07) is 5.43. The normalized spacial score (nSPS) is 13.5. The van der Waals surface area contributed by atoms with Crippen molar-refractivity contribution < 1.29 is 18.3 Å². The van der Waals surface area contributed by atoms with E-state index >= 15 is 0 Å². The van der Waals surface area contributed by atoms with E-state index in [4.69, 9.17) is 0 Å². The highest BCUT2D eigenvalue weighted by atomic mass is 79.9. The Morgan fingerprint density at radius 1 is 1.35 bits per heavy atom. The Kier molecular flexibility index (Phi) is 4.19. The zero-order chi connectivity index (χ0) is 14.9. The van der Waals surface area contributed by atoms with Crippen LogP contribution >= 0.6 is 15.9 Å². The molecule has 1 aromatic heterocycles. The summed E-state index contributed by atoms with van der Waals surface area (Å²) in [6.45, 7) is 0. The minimum atomic E-state index is -4.46. The molecule has 3 nitrogen and oxygen atoms in total. The molecule has 0 saturated heterocycles. The second-order valence-corrected chi connectivity index (χ2v) is 5.29. The Morgan fingerprint density at radius 2 is 2.05 bits per heavy atom. The van der Waals surface area contributed by atoms with Gasteiger partial charge in [-0.05, 0) is 23.8 Å². The lowest BCUT2D eigenvalue weighted by molar-refractivity contribution is -0.138. The zero-order valence-corrected chi connectivity index (χ0v) is 12.1. The summed E-state index contributed by atoms with van der Waals surface area (Å²) >= 11 is 2.87. The third-order valence-electron chi connectivity index (χ3n) is 2.85. The fraction of sp³-hybridized carbons (Fsp3) is 0.308. The van der Waals surface area contributed by atoms with Gasteiger partial charge in [-0.1, -0.05) is 22.0 Å². The molecule has 0 radical (unpaired) electrons. The van der Waals surface area contributed by atoms with E-state index in [9.17, 15) is 18.3 Å². The maximum absolute atomic E-state index is 12.8. The largest absolute Gasteiger partial charge is 0.417 e. The van der Waals surface area contributed by atoms with Gasteiger partial charge in [-0.2, -0.15) is 18.3 Å². The summed E-state index contributed by atoms with van der Waals surface area (Å²) in [5.74, 6) is 0. The molecule has 0 aliphatic rings. The Balaban J connectivity index is 2.24. The molecule has 7 heteroatoms. The SMILES string of the molecule is Cn1ccc(CC(O)c2ccc(Br)c(C(F)(F)F)c2)n1. The van der Waals surface area contributed by atoms with E-state index in [0.29, 0.717) is 5.69 Å². The van der Waals surface area contributed by atoms with Gasteiger partial charge in [0.15, 0.2) is 0 Å². The molecule has 108 valence electrons. The molecular weight excluding hydrogens is 337 g/mol. The van der Waals surface area contributed by atoms with Crippen molar-refractivity contribution in [3.63, 3.8) is 0 Å². The average molecular weight is 349 g/mol. The molecule has 0 saturated carbocycles. The third kappa shape index (κ3) is 3.40. The first-order chi connectivity index (χ1) is 9.27. The summed E-state index contributed by atoms with van der Waals surface area (Å²) in [7, 11) is 1.73. The van der Waals surface area contributed by atoms with Crippen molar-refractivity contribution in [1.82, 2.24) is 9.78 Å². The van der Waals surface area contributed by atoms with Crippen LogP contribution in [0.15, 0.2) is 34.9 Å². The van der Waals surface area contributed by atoms with Crippen molar-refractivity contribution in [2.24, 2.45) is 7.05 Å². The summed E-state index contributed by atoms with van der Waals surface area (Å²) < 4.78 is 39.9. The van der Waals surface area contributed by atoms with E-state index in [1.54, 1.807) is 24.0 Å². The van der Waals surface area contributed by atoms with Crippen LogP contribution in [0.2, 0.25) is 0 Å². The molecule has 1 unspecified atom stereocenters. The van der Waals surface area contributed by atoms with Crippen LogP contribution in [0.4, 0.5) is 13.2 Å². The summed E-state index contributed by atoms with van der Waals surface area (Å²) in [5, 5.41) is 14.1. The van der Waals surface area contributed by atoms with Crippen molar-refractivity contribution in [2.45, 2.75) is 18.7 Å². The Hall–Kier alpha value is -1.34. The van der Waals surface area contributed by atoms with E-state index < -0.39 is 17.8 Å². The Morgan fingerprint density at radius 3 is 2.60 bits per heavy atom. The van der Waals surface area contributed by atoms with Crippen LogP contribution in [-0.4, -0.2) is 14.9 Å². The molecule has 20 heavy (non-hydrogen) atoms. The van der Waals surface area contributed by atoms with Crippen LogP contribution in [0.25, 0.3) is 0 Å². The first-order valence-electron chi connectivity index (χ1n) is 5.80. The second kappa shape index (κ2) is 5.57. The number of nitrogens with zero attached hydrogens (tertiary/aromatic N) is 2. The van der Waals surface area contributed by atoms with E-state index in [1.807, 2.05) is 0 Å². The van der Waals surface area contributed by atoms with Crippen molar-refractivity contribution in [2.75, 3.05) is 0 Å². The van der Waals surface area contributed by atoms with Crippen LogP contribution in [0, 0.1) is 0 Å². The highest BCUT2D eigenvalue weighted by Gasteiger charge is 2.33. The van der Waals surface area contributed by atoms with Gasteiger partial charge in [0.1, 0.15) is 0 Å². The standard InChI is InChI=1S/C13H12BrF3N2O/c1-19-5-4-9(18-19)7-12(20)8-2-3-11(14)10(6-8)13(15,16)17/h2-6,12,20H,7H2,1H3. The molecular formula is C13H12BrF3N2O. The summed E-state index contributed by atoms with van der Waals surface area (Å²) in [4.78, 5) is 0. The first-order valence-corrected chi connectivity index (χ1v) is 6.60. The summed E-state index contributed by atoms with van der Waals surface area (Å²) in [6.07, 6.45) is -3.61. The number of hydrogen-bond acceptors (Lipinski definition) is 2. The van der Waals surface area contributed by atoms with E-state index in [2.05, 4.69) is 21.0 Å². The van der Waals surface area contributed by atoms with Crippen LogP contribution in [0.1, 0.15) is 22.9 Å². The van der Waals surface area contributed by atoms with Gasteiger partial charge in [0.25, 0.3) is 0 Å². The van der Waals surface area contributed by atoms with Crippen LogP contribution < -0.4 is 0 Å². The Bertz CT molecular complexity index is 610. The van der Waals surface area contributed by atoms with Crippen LogP contribution in [0.5, 0.6) is 0 Å². The highest BCUT2D eigenvalue weighted by molar-refractivity contribution is 9.10. The number of halogens is 4. The molecule has 1 atom stereocenters. The predicted molar refractivity (Wildman–Crippen MR) is 71.0 cm³/mol.